The van der Waals surface area contributed by atoms with Crippen LogP contribution < -0.4 is 5.32 Å². The molecule has 29 heavy (non-hydrogen) atoms. The van der Waals surface area contributed by atoms with Gasteiger partial charge < -0.3 is 15.5 Å². The van der Waals surface area contributed by atoms with Crippen molar-refractivity contribution in [2.75, 3.05) is 11.9 Å². The van der Waals surface area contributed by atoms with E-state index in [0.29, 0.717) is 16.7 Å². The van der Waals surface area contributed by atoms with Gasteiger partial charge in [0.15, 0.2) is 0 Å². The Morgan fingerprint density at radius 1 is 1.17 bits per heavy atom. The van der Waals surface area contributed by atoms with Crippen LogP contribution in [-0.4, -0.2) is 44.7 Å². The molecule has 3 amide bonds. The topological polar surface area (TPSA) is 124 Å². The first kappa shape index (κ1) is 20.1. The van der Waals surface area contributed by atoms with E-state index in [0.717, 1.165) is 6.07 Å². The fraction of sp³-hybridized carbons (Fsp3) is 0.0526. The molecule has 3 N–H and O–H groups in total. The number of halogens is 1. The van der Waals surface area contributed by atoms with Crippen molar-refractivity contribution in [1.82, 2.24) is 4.90 Å². The van der Waals surface area contributed by atoms with Crippen LogP contribution in [0.25, 0.3) is 6.08 Å². The molecule has 1 aliphatic rings. The van der Waals surface area contributed by atoms with Gasteiger partial charge in [0, 0.05) is 5.56 Å². The Labute approximate surface area is 167 Å². The summed E-state index contributed by atoms with van der Waals surface area (Å²) >= 11 is 0.568. The summed E-state index contributed by atoms with van der Waals surface area (Å²) in [5.74, 6) is -3.82. The van der Waals surface area contributed by atoms with Gasteiger partial charge in [0.25, 0.3) is 11.1 Å². The second-order valence-corrected chi connectivity index (χ2v) is 6.87. The second-order valence-electron chi connectivity index (χ2n) is 5.87. The number of hydrogen-bond acceptors (Lipinski definition) is 6. The molecule has 10 heteroatoms. The SMILES string of the molecule is O=C(CN1C(=O)S/C(=C\c2ccccc2F)C1=O)Nc1ccc(O)cc1C(=O)O. The molecule has 2 aromatic carbocycles. The number of phenols is 1. The number of benzene rings is 2. The maximum absolute atomic E-state index is 13.8. The highest BCUT2D eigenvalue weighted by Crippen LogP contribution is 2.32. The van der Waals surface area contributed by atoms with Crippen LogP contribution in [0, 0.1) is 5.82 Å². The Balaban J connectivity index is 1.75. The number of aromatic hydroxyl groups is 1. The van der Waals surface area contributed by atoms with Gasteiger partial charge in [-0.25, -0.2) is 9.18 Å². The summed E-state index contributed by atoms with van der Waals surface area (Å²) in [5.41, 5.74) is -0.334. The number of carbonyl (C=O) groups is 4. The highest BCUT2D eigenvalue weighted by atomic mass is 32.2. The van der Waals surface area contributed by atoms with Crippen molar-refractivity contribution >= 4 is 46.5 Å². The predicted molar refractivity (Wildman–Crippen MR) is 103 cm³/mol. The van der Waals surface area contributed by atoms with Crippen LogP contribution in [0.3, 0.4) is 0 Å². The van der Waals surface area contributed by atoms with Gasteiger partial charge in [0.1, 0.15) is 18.1 Å². The van der Waals surface area contributed by atoms with E-state index >= 15 is 0 Å². The maximum Gasteiger partial charge on any atom is 0.337 e. The lowest BCUT2D eigenvalue weighted by molar-refractivity contribution is -0.127. The Morgan fingerprint density at radius 3 is 2.59 bits per heavy atom. The summed E-state index contributed by atoms with van der Waals surface area (Å²) in [6, 6.07) is 9.02. The highest BCUT2D eigenvalue weighted by Gasteiger charge is 2.36. The zero-order valence-electron chi connectivity index (χ0n) is 14.6. The number of phenolic OH excluding ortho intramolecular Hbond substituents is 1. The fourth-order valence-corrected chi connectivity index (χ4v) is 3.35. The van der Waals surface area contributed by atoms with Crippen molar-refractivity contribution in [2.24, 2.45) is 0 Å². The number of nitrogens with zero attached hydrogens (tertiary/aromatic N) is 1. The van der Waals surface area contributed by atoms with E-state index in [-0.39, 0.29) is 27.5 Å². The van der Waals surface area contributed by atoms with Crippen molar-refractivity contribution < 1.29 is 33.8 Å². The molecule has 3 rings (SSSR count). The molecule has 0 aromatic heterocycles. The van der Waals surface area contributed by atoms with Crippen LogP contribution in [0.5, 0.6) is 5.75 Å². The lowest BCUT2D eigenvalue weighted by Crippen LogP contribution is -2.36. The number of thioether (sulfide) groups is 1. The van der Waals surface area contributed by atoms with Gasteiger partial charge in [-0.1, -0.05) is 18.2 Å². The first-order valence-corrected chi connectivity index (χ1v) is 8.94. The molecule has 0 atom stereocenters. The zero-order valence-corrected chi connectivity index (χ0v) is 15.4. The molecule has 0 bridgehead atoms. The Bertz CT molecular complexity index is 1070. The molecule has 1 saturated heterocycles. The molecule has 0 spiro atoms. The molecule has 0 aliphatic carbocycles. The summed E-state index contributed by atoms with van der Waals surface area (Å²) < 4.78 is 13.8. The van der Waals surface area contributed by atoms with Crippen LogP contribution in [0.15, 0.2) is 47.4 Å². The summed E-state index contributed by atoms with van der Waals surface area (Å²) in [5, 5.41) is 20.1. The second kappa shape index (κ2) is 8.15. The molecule has 2 aromatic rings. The average Bonchev–Trinajstić information content (AvgIpc) is 2.92. The first-order chi connectivity index (χ1) is 13.8. The van der Waals surface area contributed by atoms with E-state index in [1.165, 1.54) is 36.4 Å². The monoisotopic (exact) mass is 416 g/mol. The molecule has 1 fully saturated rings. The van der Waals surface area contributed by atoms with E-state index < -0.39 is 35.4 Å². The maximum atomic E-state index is 13.8. The third-order valence-electron chi connectivity index (χ3n) is 3.87. The molecule has 1 aliphatic heterocycles. The van der Waals surface area contributed by atoms with Crippen LogP contribution in [-0.2, 0) is 9.59 Å². The van der Waals surface area contributed by atoms with Gasteiger partial charge in [-0.3, -0.25) is 19.3 Å². The third-order valence-corrected chi connectivity index (χ3v) is 4.78. The molecule has 148 valence electrons. The number of carboxylic acid groups (broad SMARTS) is 1. The van der Waals surface area contributed by atoms with E-state index in [4.69, 9.17) is 5.11 Å². The fourth-order valence-electron chi connectivity index (χ4n) is 2.52. The van der Waals surface area contributed by atoms with Gasteiger partial charge in [0.05, 0.1) is 16.2 Å². The Kier molecular flexibility index (Phi) is 5.64. The number of aromatic carboxylic acids is 1. The molecular formula is C19H13FN2O6S. The van der Waals surface area contributed by atoms with E-state index in [2.05, 4.69) is 5.32 Å². The number of carbonyl (C=O) groups excluding carboxylic acids is 3. The highest BCUT2D eigenvalue weighted by molar-refractivity contribution is 8.18. The van der Waals surface area contributed by atoms with Crippen LogP contribution in [0.4, 0.5) is 14.9 Å². The minimum atomic E-state index is -1.38. The number of amides is 3. The predicted octanol–water partition coefficient (Wildman–Crippen LogP) is 2.90. The zero-order chi connectivity index (χ0) is 21.1. The van der Waals surface area contributed by atoms with Gasteiger partial charge in [-0.2, -0.15) is 0 Å². The van der Waals surface area contributed by atoms with Gasteiger partial charge in [-0.15, -0.1) is 0 Å². The molecule has 8 nitrogen and oxygen atoms in total. The standard InChI is InChI=1S/C19H13FN2O6S/c20-13-4-2-1-3-10(13)7-15-17(25)22(19(28)29-15)9-16(24)21-14-6-5-11(23)8-12(14)18(26)27/h1-8,23H,9H2,(H,21,24)(H,26,27)/b15-7-. The lowest BCUT2D eigenvalue weighted by atomic mass is 10.1. The van der Waals surface area contributed by atoms with Crippen LogP contribution >= 0.6 is 11.8 Å². The number of anilines is 1. The van der Waals surface area contributed by atoms with Gasteiger partial charge in [0.2, 0.25) is 5.91 Å². The summed E-state index contributed by atoms with van der Waals surface area (Å²) in [6.45, 7) is -0.654. The molecule has 0 radical (unpaired) electrons. The summed E-state index contributed by atoms with van der Waals surface area (Å²) in [7, 11) is 0. The Morgan fingerprint density at radius 2 is 1.90 bits per heavy atom. The third kappa shape index (κ3) is 4.43. The van der Waals surface area contributed by atoms with Crippen molar-refractivity contribution in [3.63, 3.8) is 0 Å². The number of nitrogens with one attached hydrogen (secondary N) is 1. The van der Waals surface area contributed by atoms with Crippen molar-refractivity contribution in [2.45, 2.75) is 0 Å². The molecular weight excluding hydrogens is 403 g/mol. The first-order valence-electron chi connectivity index (χ1n) is 8.12. The van der Waals surface area contributed by atoms with Gasteiger partial charge >= 0.3 is 5.97 Å². The number of imide groups is 1. The number of hydrogen-bond donors (Lipinski definition) is 3. The van der Waals surface area contributed by atoms with E-state index in [1.54, 1.807) is 6.07 Å². The van der Waals surface area contributed by atoms with Crippen molar-refractivity contribution in [3.05, 3.63) is 64.3 Å². The van der Waals surface area contributed by atoms with Crippen molar-refractivity contribution in [3.8, 4) is 5.75 Å². The largest absolute Gasteiger partial charge is 0.508 e. The van der Waals surface area contributed by atoms with E-state index in [1.807, 2.05) is 0 Å². The summed E-state index contributed by atoms with van der Waals surface area (Å²) in [6.07, 6.45) is 1.22. The van der Waals surface area contributed by atoms with E-state index in [9.17, 15) is 28.7 Å². The summed E-state index contributed by atoms with van der Waals surface area (Å²) in [4.78, 5) is 48.6. The quantitative estimate of drug-likeness (QED) is 0.506. The van der Waals surface area contributed by atoms with Gasteiger partial charge in [-0.05, 0) is 42.1 Å². The van der Waals surface area contributed by atoms with Crippen LogP contribution in [0.1, 0.15) is 15.9 Å². The number of rotatable bonds is 5. The lowest BCUT2D eigenvalue weighted by Gasteiger charge is -2.13. The average molecular weight is 416 g/mol. The normalized spacial score (nSPS) is 15.1. The van der Waals surface area contributed by atoms with Crippen LogP contribution in [0.2, 0.25) is 0 Å². The molecule has 0 saturated carbocycles. The Hall–Kier alpha value is -3.66. The minimum Gasteiger partial charge on any atom is -0.508 e. The molecule has 1 heterocycles. The molecule has 0 unspecified atom stereocenters. The smallest absolute Gasteiger partial charge is 0.337 e. The van der Waals surface area contributed by atoms with Crippen molar-refractivity contribution in [1.29, 1.82) is 0 Å². The number of carboxylic acids is 1. The minimum absolute atomic E-state index is 0.0382.